The predicted molar refractivity (Wildman–Crippen MR) is 162 cm³/mol. The fraction of sp³-hybridized carbons (Fsp3) is 0.485. The Morgan fingerprint density at radius 2 is 1.56 bits per heavy atom. The van der Waals surface area contributed by atoms with Crippen LogP contribution in [0.1, 0.15) is 69.2 Å². The molecule has 4 atom stereocenters. The van der Waals surface area contributed by atoms with Crippen molar-refractivity contribution in [2.75, 3.05) is 34.7 Å². The summed E-state index contributed by atoms with van der Waals surface area (Å²) in [5, 5.41) is 32.7. The van der Waals surface area contributed by atoms with E-state index in [4.69, 9.17) is 5.41 Å². The van der Waals surface area contributed by atoms with Crippen LogP contribution >= 0.6 is 0 Å². The normalized spacial score (nSPS) is 21.8. The largest absolute Gasteiger partial charge is 0.480 e. The first-order valence-corrected chi connectivity index (χ1v) is 14.8. The number of carboxylic acids is 1. The second-order valence-electron chi connectivity index (χ2n) is 12.6. The average molecular weight is 585 g/mol. The Morgan fingerprint density at radius 3 is 2.02 bits per heavy atom. The Labute approximate surface area is 252 Å². The van der Waals surface area contributed by atoms with Crippen LogP contribution in [-0.4, -0.2) is 96.3 Å². The van der Waals surface area contributed by atoms with Gasteiger partial charge in [-0.15, -0.1) is 0 Å². The summed E-state index contributed by atoms with van der Waals surface area (Å²) in [6, 6.07) is 12.5. The lowest BCUT2D eigenvalue weighted by Gasteiger charge is -2.35. The molecule has 226 valence electrons. The Balaban J connectivity index is 1.52. The van der Waals surface area contributed by atoms with E-state index in [2.05, 4.69) is 11.4 Å². The number of piperidine rings is 1. The third kappa shape index (κ3) is 5.38. The van der Waals surface area contributed by atoms with Crippen LogP contribution in [0.25, 0.3) is 0 Å². The Bertz CT molecular complexity index is 1450. The smallest absolute Gasteiger partial charge is 0.318 e. The maximum atomic E-state index is 13.6. The highest BCUT2D eigenvalue weighted by molar-refractivity contribution is 5.96. The van der Waals surface area contributed by atoms with E-state index in [-0.39, 0.29) is 42.9 Å². The fourth-order valence-electron chi connectivity index (χ4n) is 7.02. The molecule has 2 aromatic rings. The van der Waals surface area contributed by atoms with Gasteiger partial charge in [0, 0.05) is 51.4 Å². The van der Waals surface area contributed by atoms with E-state index in [1.54, 1.807) is 52.5 Å². The molecule has 0 radical (unpaired) electrons. The van der Waals surface area contributed by atoms with Crippen LogP contribution in [0.3, 0.4) is 0 Å². The number of amidine groups is 1. The van der Waals surface area contributed by atoms with Crippen molar-refractivity contribution in [3.8, 4) is 6.07 Å². The lowest BCUT2D eigenvalue weighted by atomic mass is 9.68. The molecule has 3 N–H and O–H groups in total. The van der Waals surface area contributed by atoms with Gasteiger partial charge in [0.2, 0.25) is 0 Å². The van der Waals surface area contributed by atoms with Crippen molar-refractivity contribution in [3.05, 3.63) is 69.8 Å². The number of nitriles is 1. The maximum Gasteiger partial charge on any atom is 0.318 e. The number of aryl methyl sites for hydroxylation is 2. The van der Waals surface area contributed by atoms with Gasteiger partial charge in [0.25, 0.3) is 11.8 Å². The molecule has 1 saturated carbocycles. The van der Waals surface area contributed by atoms with Gasteiger partial charge >= 0.3 is 5.97 Å². The molecule has 10 nitrogen and oxygen atoms in total. The van der Waals surface area contributed by atoms with Crippen molar-refractivity contribution in [2.24, 2.45) is 5.92 Å². The predicted octanol–water partition coefficient (Wildman–Crippen LogP) is 2.89. The van der Waals surface area contributed by atoms with Gasteiger partial charge in [-0.2, -0.15) is 5.26 Å². The highest BCUT2D eigenvalue weighted by atomic mass is 16.4. The second kappa shape index (κ2) is 11.5. The van der Waals surface area contributed by atoms with Gasteiger partial charge in [0.15, 0.2) is 0 Å². The van der Waals surface area contributed by atoms with Gasteiger partial charge in [0.05, 0.1) is 12.6 Å². The second-order valence-corrected chi connectivity index (χ2v) is 12.6. The summed E-state index contributed by atoms with van der Waals surface area (Å²) < 4.78 is 0. The maximum absolute atomic E-state index is 13.6. The zero-order valence-electron chi connectivity index (χ0n) is 25.5. The molecule has 10 heteroatoms. The Morgan fingerprint density at radius 1 is 1.02 bits per heavy atom. The summed E-state index contributed by atoms with van der Waals surface area (Å²) in [7, 11) is 6.74. The van der Waals surface area contributed by atoms with Crippen molar-refractivity contribution in [1.82, 2.24) is 20.0 Å². The summed E-state index contributed by atoms with van der Waals surface area (Å²) >= 11 is 0. The SMILES string of the molecule is C[C@@H](CC1(C(=O)O)c2ccc(C(=O)N(C)C)cc2CCc2cc(C(=O)N(C)C)ccc21)NCC(=N)N1C(C#N)C[C@@H]2C[C@@H]21. The van der Waals surface area contributed by atoms with E-state index < -0.39 is 11.4 Å². The summed E-state index contributed by atoms with van der Waals surface area (Å²) in [5.41, 5.74) is 2.38. The van der Waals surface area contributed by atoms with Crippen LogP contribution < -0.4 is 5.32 Å². The van der Waals surface area contributed by atoms with Gasteiger partial charge in [-0.25, -0.2) is 0 Å². The zero-order valence-corrected chi connectivity index (χ0v) is 25.5. The summed E-state index contributed by atoms with van der Waals surface area (Å²) in [4.78, 5) is 44.1. The minimum atomic E-state index is -1.46. The molecular weight excluding hydrogens is 544 g/mol. The number of carbonyl (C=O) groups is 3. The summed E-state index contributed by atoms with van der Waals surface area (Å²) in [5.74, 6) is -0.482. The van der Waals surface area contributed by atoms with Gasteiger partial charge in [0.1, 0.15) is 17.3 Å². The lowest BCUT2D eigenvalue weighted by Crippen LogP contribution is -2.47. The molecule has 5 rings (SSSR count). The Hall–Kier alpha value is -4.23. The molecule has 1 heterocycles. The van der Waals surface area contributed by atoms with Crippen molar-refractivity contribution < 1.29 is 19.5 Å². The molecule has 43 heavy (non-hydrogen) atoms. The van der Waals surface area contributed by atoms with Crippen molar-refractivity contribution in [3.63, 3.8) is 0 Å². The highest BCUT2D eigenvalue weighted by Crippen LogP contribution is 2.48. The molecule has 0 bridgehead atoms. The standard InChI is InChI=1S/C33H40N6O4/c1-19(36-18-29(35)39-25(17-34)14-24-15-28(24)39)16-33(32(42)43)26-10-8-22(30(40)37(2)3)12-20(26)6-7-21-13-23(9-11-27(21)33)31(41)38(4)5/h8-13,19,24-25,28,35-36H,6-7,14-16,18H2,1-5H3,(H,42,43)/t19-,24+,25?,28-/m0/s1. The van der Waals surface area contributed by atoms with Crippen LogP contribution in [0.15, 0.2) is 36.4 Å². The van der Waals surface area contributed by atoms with Crippen molar-refractivity contribution >= 4 is 23.6 Å². The molecule has 1 aliphatic heterocycles. The number of carbonyl (C=O) groups excluding carboxylic acids is 2. The monoisotopic (exact) mass is 584 g/mol. The van der Waals surface area contributed by atoms with Crippen LogP contribution in [-0.2, 0) is 23.1 Å². The number of likely N-dealkylation sites (tertiary alicyclic amines) is 1. The van der Waals surface area contributed by atoms with Gasteiger partial charge < -0.3 is 25.1 Å². The topological polar surface area (TPSA) is 141 Å². The van der Waals surface area contributed by atoms with E-state index in [1.165, 1.54) is 9.80 Å². The molecule has 2 fully saturated rings. The first kappa shape index (κ1) is 30.2. The third-order valence-electron chi connectivity index (χ3n) is 9.26. The number of nitrogens with one attached hydrogen (secondary N) is 2. The van der Waals surface area contributed by atoms with E-state index in [9.17, 15) is 24.8 Å². The van der Waals surface area contributed by atoms with Crippen LogP contribution in [0, 0.1) is 22.7 Å². The first-order valence-electron chi connectivity index (χ1n) is 14.8. The quantitative estimate of drug-likeness (QED) is 0.320. The number of fused-ring (bicyclic) bond motifs is 3. The van der Waals surface area contributed by atoms with Crippen LogP contribution in [0.4, 0.5) is 0 Å². The number of hydrogen-bond donors (Lipinski definition) is 3. The molecule has 1 unspecified atom stereocenters. The number of aliphatic carboxylic acids is 1. The van der Waals surface area contributed by atoms with Crippen LogP contribution in [0.2, 0.25) is 0 Å². The Kier molecular flexibility index (Phi) is 8.05. The molecule has 2 aliphatic carbocycles. The van der Waals surface area contributed by atoms with Crippen molar-refractivity contribution in [2.45, 2.75) is 62.6 Å². The highest BCUT2D eigenvalue weighted by Gasteiger charge is 2.53. The van der Waals surface area contributed by atoms with E-state index in [0.29, 0.717) is 46.8 Å². The van der Waals surface area contributed by atoms with Crippen LogP contribution in [0.5, 0.6) is 0 Å². The van der Waals surface area contributed by atoms with Gasteiger partial charge in [-0.05, 0) is 91.5 Å². The fourth-order valence-corrected chi connectivity index (χ4v) is 7.02. The molecule has 3 aliphatic rings. The van der Waals surface area contributed by atoms with Gasteiger partial charge in [-0.1, -0.05) is 12.1 Å². The molecule has 2 aromatic carbocycles. The number of rotatable bonds is 8. The number of benzene rings is 2. The average Bonchev–Trinajstić information content (AvgIpc) is 3.67. The molecule has 0 spiro atoms. The number of carboxylic acid groups (broad SMARTS) is 1. The zero-order chi connectivity index (χ0) is 31.2. The number of hydrogen-bond acceptors (Lipinski definition) is 6. The molecule has 0 aromatic heterocycles. The third-order valence-corrected chi connectivity index (χ3v) is 9.26. The van der Waals surface area contributed by atoms with E-state index in [1.807, 2.05) is 24.0 Å². The minimum absolute atomic E-state index is 0.159. The number of nitrogens with zero attached hydrogens (tertiary/aromatic N) is 4. The molecule has 1 saturated heterocycles. The lowest BCUT2D eigenvalue weighted by molar-refractivity contribution is -0.142. The number of amides is 2. The van der Waals surface area contributed by atoms with E-state index in [0.717, 1.165) is 24.0 Å². The summed E-state index contributed by atoms with van der Waals surface area (Å²) in [6.07, 6.45) is 3.04. The molecular formula is C33H40N6O4. The van der Waals surface area contributed by atoms with Crippen molar-refractivity contribution in [1.29, 1.82) is 10.7 Å². The minimum Gasteiger partial charge on any atom is -0.480 e. The summed E-state index contributed by atoms with van der Waals surface area (Å²) in [6.45, 7) is 2.15. The molecule has 2 amide bonds. The van der Waals surface area contributed by atoms with E-state index >= 15 is 0 Å². The first-order chi connectivity index (χ1) is 20.4. The van der Waals surface area contributed by atoms with Gasteiger partial charge in [-0.3, -0.25) is 19.8 Å².